The SMILES string of the molecule is CCCN(CCN(C)C)c1nc(C(=O)OCC)cs1. The van der Waals surface area contributed by atoms with Gasteiger partial charge in [-0.1, -0.05) is 6.92 Å². The fraction of sp³-hybridized carbons (Fsp3) is 0.692. The largest absolute Gasteiger partial charge is 0.461 e. The Morgan fingerprint density at radius 3 is 2.63 bits per heavy atom. The van der Waals surface area contributed by atoms with Crippen LogP contribution in [0.4, 0.5) is 5.13 Å². The van der Waals surface area contributed by atoms with E-state index in [1.165, 1.54) is 11.3 Å². The average molecular weight is 285 g/mol. The van der Waals surface area contributed by atoms with E-state index in [9.17, 15) is 4.79 Å². The predicted octanol–water partition coefficient (Wildman–Crippen LogP) is 2.10. The van der Waals surface area contributed by atoms with Gasteiger partial charge in [0.1, 0.15) is 0 Å². The van der Waals surface area contributed by atoms with Crippen LogP contribution in [0, 0.1) is 0 Å². The van der Waals surface area contributed by atoms with E-state index in [0.717, 1.165) is 31.2 Å². The third-order valence-corrected chi connectivity index (χ3v) is 3.46. The molecule has 0 aliphatic carbocycles. The molecule has 6 heteroatoms. The molecule has 1 aromatic rings. The van der Waals surface area contributed by atoms with Crippen molar-refractivity contribution in [3.05, 3.63) is 11.1 Å². The van der Waals surface area contributed by atoms with Gasteiger partial charge in [0.15, 0.2) is 10.8 Å². The molecule has 0 saturated carbocycles. The van der Waals surface area contributed by atoms with Crippen molar-refractivity contribution in [1.29, 1.82) is 0 Å². The lowest BCUT2D eigenvalue weighted by atomic mass is 10.4. The van der Waals surface area contributed by atoms with E-state index in [0.29, 0.717) is 12.3 Å². The number of nitrogens with zero attached hydrogens (tertiary/aromatic N) is 3. The van der Waals surface area contributed by atoms with Crippen LogP contribution in [0.5, 0.6) is 0 Å². The van der Waals surface area contributed by atoms with E-state index in [4.69, 9.17) is 4.74 Å². The Morgan fingerprint density at radius 1 is 1.32 bits per heavy atom. The van der Waals surface area contributed by atoms with Crippen molar-refractivity contribution >= 4 is 22.4 Å². The molecular weight excluding hydrogens is 262 g/mol. The van der Waals surface area contributed by atoms with Gasteiger partial charge in [-0.3, -0.25) is 0 Å². The summed E-state index contributed by atoms with van der Waals surface area (Å²) >= 11 is 1.50. The highest BCUT2D eigenvalue weighted by Crippen LogP contribution is 2.21. The molecule has 0 aromatic carbocycles. The number of carbonyl (C=O) groups is 1. The first kappa shape index (κ1) is 15.9. The summed E-state index contributed by atoms with van der Waals surface area (Å²) in [4.78, 5) is 20.3. The Bertz CT molecular complexity index is 393. The standard InChI is InChI=1S/C13H23N3O2S/c1-5-7-16(9-8-15(3)4)13-14-11(10-19-13)12(17)18-6-2/h10H,5-9H2,1-4H3. The topological polar surface area (TPSA) is 45.7 Å². The third kappa shape index (κ3) is 5.16. The monoisotopic (exact) mass is 285 g/mol. The molecule has 0 atom stereocenters. The van der Waals surface area contributed by atoms with Crippen LogP contribution in [-0.4, -0.2) is 56.2 Å². The summed E-state index contributed by atoms with van der Waals surface area (Å²) in [5.74, 6) is -0.339. The summed E-state index contributed by atoms with van der Waals surface area (Å²) in [5.41, 5.74) is 0.410. The molecule has 0 aliphatic heterocycles. The minimum absolute atomic E-state index is 0.339. The molecule has 0 saturated heterocycles. The number of ether oxygens (including phenoxy) is 1. The lowest BCUT2D eigenvalue weighted by molar-refractivity contribution is 0.0520. The first-order valence-electron chi connectivity index (χ1n) is 6.60. The van der Waals surface area contributed by atoms with Gasteiger partial charge in [0, 0.05) is 25.0 Å². The quantitative estimate of drug-likeness (QED) is 0.684. The predicted molar refractivity (Wildman–Crippen MR) is 79.1 cm³/mol. The average Bonchev–Trinajstić information content (AvgIpc) is 2.84. The maximum absolute atomic E-state index is 11.6. The van der Waals surface area contributed by atoms with E-state index in [-0.39, 0.29) is 5.97 Å². The first-order valence-corrected chi connectivity index (χ1v) is 7.48. The van der Waals surface area contributed by atoms with Gasteiger partial charge in [-0.15, -0.1) is 11.3 Å². The third-order valence-electron chi connectivity index (χ3n) is 2.56. The molecule has 0 radical (unpaired) electrons. The van der Waals surface area contributed by atoms with Crippen LogP contribution in [0.1, 0.15) is 30.8 Å². The summed E-state index contributed by atoms with van der Waals surface area (Å²) in [6, 6.07) is 0. The number of rotatable bonds is 8. The van der Waals surface area contributed by atoms with Gasteiger partial charge in [-0.25, -0.2) is 9.78 Å². The number of likely N-dealkylation sites (N-methyl/N-ethyl adjacent to an activating group) is 1. The van der Waals surface area contributed by atoms with Crippen molar-refractivity contribution in [3.8, 4) is 0 Å². The summed E-state index contributed by atoms with van der Waals surface area (Å²) in [5, 5.41) is 2.66. The number of carbonyl (C=O) groups excluding carboxylic acids is 1. The molecule has 5 nitrogen and oxygen atoms in total. The van der Waals surface area contributed by atoms with E-state index in [1.807, 2.05) is 0 Å². The number of aromatic nitrogens is 1. The van der Waals surface area contributed by atoms with Crippen molar-refractivity contribution < 1.29 is 9.53 Å². The highest BCUT2D eigenvalue weighted by atomic mass is 32.1. The Labute approximate surface area is 119 Å². The first-order chi connectivity index (χ1) is 9.08. The highest BCUT2D eigenvalue weighted by Gasteiger charge is 2.15. The van der Waals surface area contributed by atoms with Crippen LogP contribution < -0.4 is 4.90 Å². The van der Waals surface area contributed by atoms with Gasteiger partial charge in [0.2, 0.25) is 0 Å². The molecular formula is C13H23N3O2S. The van der Waals surface area contributed by atoms with Crippen LogP contribution in [0.3, 0.4) is 0 Å². The fourth-order valence-corrected chi connectivity index (χ4v) is 2.45. The molecule has 1 aromatic heterocycles. The number of thiazole rings is 1. The molecule has 0 amide bonds. The highest BCUT2D eigenvalue weighted by molar-refractivity contribution is 7.13. The van der Waals surface area contributed by atoms with E-state index >= 15 is 0 Å². The maximum atomic E-state index is 11.6. The van der Waals surface area contributed by atoms with Gasteiger partial charge in [0.25, 0.3) is 0 Å². The van der Waals surface area contributed by atoms with Crippen molar-refractivity contribution in [1.82, 2.24) is 9.88 Å². The lowest BCUT2D eigenvalue weighted by Gasteiger charge is -2.23. The molecule has 1 rings (SSSR count). The maximum Gasteiger partial charge on any atom is 0.357 e. The smallest absolute Gasteiger partial charge is 0.357 e. The van der Waals surface area contributed by atoms with Crippen molar-refractivity contribution in [2.24, 2.45) is 0 Å². The van der Waals surface area contributed by atoms with Crippen molar-refractivity contribution in [2.75, 3.05) is 45.2 Å². The Kier molecular flexibility index (Phi) is 6.80. The van der Waals surface area contributed by atoms with Crippen LogP contribution in [0.25, 0.3) is 0 Å². The molecule has 0 spiro atoms. The molecule has 0 bridgehead atoms. The van der Waals surface area contributed by atoms with Gasteiger partial charge < -0.3 is 14.5 Å². The second-order valence-electron chi connectivity index (χ2n) is 4.53. The van der Waals surface area contributed by atoms with Crippen LogP contribution in [0.2, 0.25) is 0 Å². The summed E-state index contributed by atoms with van der Waals surface area (Å²) in [6.07, 6.45) is 1.06. The molecule has 0 N–H and O–H groups in total. The molecule has 0 unspecified atom stereocenters. The second kappa shape index (κ2) is 8.12. The Hall–Kier alpha value is -1.14. The number of esters is 1. The fourth-order valence-electron chi connectivity index (χ4n) is 1.60. The Balaban J connectivity index is 2.71. The number of hydrogen-bond donors (Lipinski definition) is 0. The zero-order valence-electron chi connectivity index (χ0n) is 12.2. The van der Waals surface area contributed by atoms with Gasteiger partial charge in [-0.05, 0) is 27.4 Å². The van der Waals surface area contributed by atoms with Crippen LogP contribution in [-0.2, 0) is 4.74 Å². The van der Waals surface area contributed by atoms with Crippen LogP contribution >= 0.6 is 11.3 Å². The zero-order chi connectivity index (χ0) is 14.3. The van der Waals surface area contributed by atoms with E-state index in [1.54, 1.807) is 12.3 Å². The van der Waals surface area contributed by atoms with E-state index in [2.05, 4.69) is 35.8 Å². The number of hydrogen-bond acceptors (Lipinski definition) is 6. The summed E-state index contributed by atoms with van der Waals surface area (Å²) < 4.78 is 4.96. The zero-order valence-corrected chi connectivity index (χ0v) is 13.0. The second-order valence-corrected chi connectivity index (χ2v) is 5.36. The summed E-state index contributed by atoms with van der Waals surface area (Å²) in [7, 11) is 4.10. The van der Waals surface area contributed by atoms with Gasteiger partial charge >= 0.3 is 5.97 Å². The van der Waals surface area contributed by atoms with Crippen molar-refractivity contribution in [3.63, 3.8) is 0 Å². The molecule has 0 aliphatic rings. The molecule has 108 valence electrons. The molecule has 19 heavy (non-hydrogen) atoms. The summed E-state index contributed by atoms with van der Waals surface area (Å²) in [6.45, 7) is 7.15. The van der Waals surface area contributed by atoms with Crippen molar-refractivity contribution in [2.45, 2.75) is 20.3 Å². The van der Waals surface area contributed by atoms with Gasteiger partial charge in [0.05, 0.1) is 6.61 Å². The van der Waals surface area contributed by atoms with E-state index < -0.39 is 0 Å². The normalized spacial score (nSPS) is 10.8. The minimum atomic E-state index is -0.339. The van der Waals surface area contributed by atoms with Gasteiger partial charge in [-0.2, -0.15) is 0 Å². The lowest BCUT2D eigenvalue weighted by Crippen LogP contribution is -2.32. The molecule has 0 fully saturated rings. The Morgan fingerprint density at radius 2 is 2.05 bits per heavy atom. The van der Waals surface area contributed by atoms with Crippen LogP contribution in [0.15, 0.2) is 5.38 Å². The molecule has 1 heterocycles. The minimum Gasteiger partial charge on any atom is -0.461 e. The number of anilines is 1.